The van der Waals surface area contributed by atoms with Gasteiger partial charge in [0.1, 0.15) is 0 Å². The molecule has 0 heterocycles. The average molecular weight is 216 g/mol. The molecule has 15 heavy (non-hydrogen) atoms. The van der Waals surface area contributed by atoms with Crippen LogP contribution in [0.3, 0.4) is 0 Å². The molecule has 4 nitrogen and oxygen atoms in total. The molecule has 0 rings (SSSR count). The summed E-state index contributed by atoms with van der Waals surface area (Å²) in [5, 5.41) is 14.9. The van der Waals surface area contributed by atoms with E-state index < -0.39 is 0 Å². The lowest BCUT2D eigenvalue weighted by molar-refractivity contribution is -0.121. The van der Waals surface area contributed by atoms with Gasteiger partial charge in [0, 0.05) is 6.04 Å². The van der Waals surface area contributed by atoms with Crippen LogP contribution in [-0.2, 0) is 4.79 Å². The van der Waals surface area contributed by atoms with Crippen LogP contribution in [0.1, 0.15) is 40.0 Å². The molecule has 0 radical (unpaired) electrons. The van der Waals surface area contributed by atoms with Crippen LogP contribution < -0.4 is 10.6 Å². The van der Waals surface area contributed by atoms with E-state index in [2.05, 4.69) is 24.5 Å². The van der Waals surface area contributed by atoms with Crippen molar-refractivity contribution < 1.29 is 9.90 Å². The van der Waals surface area contributed by atoms with Crippen molar-refractivity contribution >= 4 is 5.91 Å². The molecule has 0 saturated carbocycles. The van der Waals surface area contributed by atoms with Crippen molar-refractivity contribution in [2.45, 2.75) is 52.2 Å². The molecule has 3 N–H and O–H groups in total. The summed E-state index contributed by atoms with van der Waals surface area (Å²) in [6.07, 6.45) is 2.31. The van der Waals surface area contributed by atoms with Crippen LogP contribution in [0, 0.1) is 0 Å². The number of carbonyl (C=O) groups is 1. The summed E-state index contributed by atoms with van der Waals surface area (Å²) >= 11 is 0. The number of hydrogen-bond donors (Lipinski definition) is 3. The van der Waals surface area contributed by atoms with Gasteiger partial charge >= 0.3 is 0 Å². The summed E-state index contributed by atoms with van der Waals surface area (Å²) in [5.74, 6) is 0.0364. The Bertz CT molecular complexity index is 168. The van der Waals surface area contributed by atoms with Gasteiger partial charge in [-0.15, -0.1) is 0 Å². The summed E-state index contributed by atoms with van der Waals surface area (Å²) in [6, 6.07) is 0.288. The summed E-state index contributed by atoms with van der Waals surface area (Å²) in [5.41, 5.74) is 0. The van der Waals surface area contributed by atoms with Gasteiger partial charge in [-0.1, -0.05) is 13.8 Å². The van der Waals surface area contributed by atoms with E-state index in [9.17, 15) is 4.79 Å². The third kappa shape index (κ3) is 8.39. The Labute approximate surface area is 92.4 Å². The molecular formula is C11H24N2O2. The lowest BCUT2D eigenvalue weighted by Gasteiger charge is -2.15. The third-order valence-corrected chi connectivity index (χ3v) is 2.38. The van der Waals surface area contributed by atoms with Gasteiger partial charge in [-0.3, -0.25) is 4.79 Å². The van der Waals surface area contributed by atoms with Gasteiger partial charge in [0.05, 0.1) is 12.6 Å². The van der Waals surface area contributed by atoms with Crippen molar-refractivity contribution in [2.24, 2.45) is 0 Å². The fourth-order valence-electron chi connectivity index (χ4n) is 1.28. The fourth-order valence-corrected chi connectivity index (χ4v) is 1.28. The summed E-state index contributed by atoms with van der Waals surface area (Å²) in [4.78, 5) is 11.4. The Hall–Kier alpha value is -0.610. The predicted octanol–water partition coefficient (Wildman–Crippen LogP) is 0.652. The first kappa shape index (κ1) is 14.4. The first-order valence-electron chi connectivity index (χ1n) is 5.78. The third-order valence-electron chi connectivity index (χ3n) is 2.38. The van der Waals surface area contributed by atoms with Crippen LogP contribution >= 0.6 is 0 Å². The van der Waals surface area contributed by atoms with Crippen molar-refractivity contribution in [3.63, 3.8) is 0 Å². The second-order valence-electron chi connectivity index (χ2n) is 3.90. The SMILES string of the molecule is CCC(CC)NC(=O)CNCCC(C)O. The molecule has 0 aliphatic heterocycles. The topological polar surface area (TPSA) is 61.4 Å². The van der Waals surface area contributed by atoms with Gasteiger partial charge in [0.15, 0.2) is 0 Å². The van der Waals surface area contributed by atoms with E-state index in [1.165, 1.54) is 0 Å². The van der Waals surface area contributed by atoms with E-state index >= 15 is 0 Å². The van der Waals surface area contributed by atoms with Gasteiger partial charge < -0.3 is 15.7 Å². The van der Waals surface area contributed by atoms with E-state index in [-0.39, 0.29) is 18.1 Å². The van der Waals surface area contributed by atoms with Gasteiger partial charge in [-0.05, 0) is 32.7 Å². The molecule has 0 saturated heterocycles. The number of carbonyl (C=O) groups excluding carboxylic acids is 1. The Kier molecular flexibility index (Phi) is 8.33. The minimum Gasteiger partial charge on any atom is -0.393 e. The maximum Gasteiger partial charge on any atom is 0.234 e. The first-order valence-corrected chi connectivity index (χ1v) is 5.78. The molecule has 0 aliphatic carbocycles. The lowest BCUT2D eigenvalue weighted by Crippen LogP contribution is -2.40. The minimum atomic E-state index is -0.306. The standard InChI is InChI=1S/C11H24N2O2/c1-4-10(5-2)13-11(15)8-12-7-6-9(3)14/h9-10,12,14H,4-8H2,1-3H3,(H,13,15). The highest BCUT2D eigenvalue weighted by Crippen LogP contribution is 1.95. The first-order chi connectivity index (χ1) is 7.10. The molecule has 0 fully saturated rings. The monoisotopic (exact) mass is 216 g/mol. The van der Waals surface area contributed by atoms with Crippen molar-refractivity contribution in [3.8, 4) is 0 Å². The van der Waals surface area contributed by atoms with Crippen molar-refractivity contribution in [2.75, 3.05) is 13.1 Å². The molecule has 1 atom stereocenters. The fraction of sp³-hybridized carbons (Fsp3) is 0.909. The Morgan fingerprint density at radius 3 is 2.40 bits per heavy atom. The summed E-state index contributed by atoms with van der Waals surface area (Å²) < 4.78 is 0. The second kappa shape index (κ2) is 8.68. The molecule has 0 aromatic rings. The Morgan fingerprint density at radius 1 is 1.33 bits per heavy atom. The van der Waals surface area contributed by atoms with Gasteiger partial charge in [0.2, 0.25) is 5.91 Å². The number of aliphatic hydroxyl groups is 1. The van der Waals surface area contributed by atoms with E-state index in [1.807, 2.05) is 0 Å². The molecule has 1 amide bonds. The Morgan fingerprint density at radius 2 is 1.93 bits per heavy atom. The molecule has 0 aliphatic rings. The molecule has 0 aromatic heterocycles. The molecule has 0 bridgehead atoms. The smallest absolute Gasteiger partial charge is 0.234 e. The zero-order chi connectivity index (χ0) is 11.7. The predicted molar refractivity (Wildman–Crippen MR) is 61.7 cm³/mol. The van der Waals surface area contributed by atoms with Crippen molar-refractivity contribution in [3.05, 3.63) is 0 Å². The summed E-state index contributed by atoms with van der Waals surface area (Å²) in [7, 11) is 0. The molecule has 0 aromatic carbocycles. The van der Waals surface area contributed by atoms with Crippen LogP contribution in [0.2, 0.25) is 0 Å². The highest BCUT2D eigenvalue weighted by Gasteiger charge is 2.07. The maximum atomic E-state index is 11.4. The number of aliphatic hydroxyl groups excluding tert-OH is 1. The maximum absolute atomic E-state index is 11.4. The van der Waals surface area contributed by atoms with E-state index in [1.54, 1.807) is 6.92 Å². The molecular weight excluding hydrogens is 192 g/mol. The van der Waals surface area contributed by atoms with Crippen LogP contribution in [-0.4, -0.2) is 36.2 Å². The van der Waals surface area contributed by atoms with E-state index in [4.69, 9.17) is 5.11 Å². The normalized spacial score (nSPS) is 12.9. The molecule has 4 heteroatoms. The molecule has 90 valence electrons. The van der Waals surface area contributed by atoms with Crippen LogP contribution in [0.5, 0.6) is 0 Å². The quantitative estimate of drug-likeness (QED) is 0.522. The lowest BCUT2D eigenvalue weighted by atomic mass is 10.2. The Balaban J connectivity index is 3.48. The minimum absolute atomic E-state index is 0.0364. The highest BCUT2D eigenvalue weighted by molar-refractivity contribution is 5.78. The van der Waals surface area contributed by atoms with E-state index in [0.717, 1.165) is 12.8 Å². The second-order valence-corrected chi connectivity index (χ2v) is 3.90. The molecule has 0 spiro atoms. The largest absolute Gasteiger partial charge is 0.393 e. The number of hydrogen-bond acceptors (Lipinski definition) is 3. The van der Waals surface area contributed by atoms with Crippen molar-refractivity contribution in [1.29, 1.82) is 0 Å². The zero-order valence-electron chi connectivity index (χ0n) is 10.0. The van der Waals surface area contributed by atoms with E-state index in [0.29, 0.717) is 19.5 Å². The van der Waals surface area contributed by atoms with Crippen molar-refractivity contribution in [1.82, 2.24) is 10.6 Å². The van der Waals surface area contributed by atoms with Gasteiger partial charge in [-0.25, -0.2) is 0 Å². The number of rotatable bonds is 8. The molecule has 1 unspecified atom stereocenters. The number of nitrogens with one attached hydrogen (secondary N) is 2. The van der Waals surface area contributed by atoms with Crippen LogP contribution in [0.15, 0.2) is 0 Å². The van der Waals surface area contributed by atoms with Gasteiger partial charge in [-0.2, -0.15) is 0 Å². The zero-order valence-corrected chi connectivity index (χ0v) is 10.0. The number of amides is 1. The average Bonchev–Trinajstić information content (AvgIpc) is 2.20. The van der Waals surface area contributed by atoms with Crippen LogP contribution in [0.4, 0.5) is 0 Å². The highest BCUT2D eigenvalue weighted by atomic mass is 16.3. The van der Waals surface area contributed by atoms with Crippen LogP contribution in [0.25, 0.3) is 0 Å². The summed E-state index contributed by atoms with van der Waals surface area (Å²) in [6.45, 7) is 6.88. The van der Waals surface area contributed by atoms with Gasteiger partial charge in [0.25, 0.3) is 0 Å².